The topological polar surface area (TPSA) is 84.5 Å². The van der Waals surface area contributed by atoms with Gasteiger partial charge in [0.2, 0.25) is 10.0 Å². The van der Waals surface area contributed by atoms with Crippen LogP contribution in [0.3, 0.4) is 0 Å². The quantitative estimate of drug-likeness (QED) is 0.576. The number of terminal acetylenes is 1. The number of hydrogen-bond acceptors (Lipinski definition) is 4. The van der Waals surface area contributed by atoms with Crippen molar-refractivity contribution in [2.75, 3.05) is 25.6 Å². The highest BCUT2D eigenvalue weighted by molar-refractivity contribution is 7.89. The molecule has 0 aliphatic heterocycles. The number of nitrogens with one attached hydrogen (secondary N) is 2. The molecular weight excluding hydrogens is 352 g/mol. The van der Waals surface area contributed by atoms with E-state index in [1.807, 2.05) is 0 Å². The first-order valence-electron chi connectivity index (χ1n) is 7.84. The zero-order chi connectivity index (χ0) is 19.2. The zero-order valence-corrected chi connectivity index (χ0v) is 15.4. The molecule has 7 heteroatoms. The van der Waals surface area contributed by atoms with Gasteiger partial charge in [-0.3, -0.25) is 4.79 Å². The smallest absolute Gasteiger partial charge is 0.255 e. The monoisotopic (exact) mass is 372 g/mol. The van der Waals surface area contributed by atoms with Gasteiger partial charge in [-0.2, -0.15) is 0 Å². The van der Waals surface area contributed by atoms with Crippen molar-refractivity contribution in [3.05, 3.63) is 59.2 Å². The van der Waals surface area contributed by atoms with Gasteiger partial charge in [-0.25, -0.2) is 13.1 Å². The predicted octanol–water partition coefficient (Wildman–Crippen LogP) is 2.15. The number of amides is 1. The number of anilines is 1. The van der Waals surface area contributed by atoms with E-state index in [4.69, 9.17) is 11.2 Å². The summed E-state index contributed by atoms with van der Waals surface area (Å²) in [6, 6.07) is 11.3. The van der Waals surface area contributed by atoms with E-state index in [-0.39, 0.29) is 23.6 Å². The lowest BCUT2D eigenvalue weighted by atomic mass is 10.1. The van der Waals surface area contributed by atoms with Crippen molar-refractivity contribution in [2.45, 2.75) is 11.8 Å². The molecule has 0 aromatic heterocycles. The summed E-state index contributed by atoms with van der Waals surface area (Å²) in [6.45, 7) is 2.14. The first kappa shape index (κ1) is 19.7. The molecule has 2 rings (SSSR count). The van der Waals surface area contributed by atoms with E-state index in [1.54, 1.807) is 37.3 Å². The lowest BCUT2D eigenvalue weighted by Gasteiger charge is -2.11. The minimum Gasteiger partial charge on any atom is -0.383 e. The summed E-state index contributed by atoms with van der Waals surface area (Å²) in [7, 11) is -2.24. The summed E-state index contributed by atoms with van der Waals surface area (Å²) < 4.78 is 31.9. The van der Waals surface area contributed by atoms with Crippen LogP contribution in [-0.4, -0.2) is 34.6 Å². The van der Waals surface area contributed by atoms with Gasteiger partial charge in [0.05, 0.1) is 11.5 Å². The highest BCUT2D eigenvalue weighted by Gasteiger charge is 2.18. The van der Waals surface area contributed by atoms with Crippen molar-refractivity contribution in [2.24, 2.45) is 0 Å². The summed E-state index contributed by atoms with van der Waals surface area (Å²) in [4.78, 5) is 12.6. The summed E-state index contributed by atoms with van der Waals surface area (Å²) in [5.41, 5.74) is 2.10. The van der Waals surface area contributed by atoms with E-state index in [9.17, 15) is 13.2 Å². The van der Waals surface area contributed by atoms with Crippen LogP contribution >= 0.6 is 0 Å². The zero-order valence-electron chi connectivity index (χ0n) is 14.6. The van der Waals surface area contributed by atoms with Gasteiger partial charge in [0.25, 0.3) is 5.91 Å². The van der Waals surface area contributed by atoms with Crippen LogP contribution in [0.15, 0.2) is 47.4 Å². The third kappa shape index (κ3) is 4.92. The molecule has 0 fully saturated rings. The van der Waals surface area contributed by atoms with Gasteiger partial charge < -0.3 is 10.1 Å². The number of rotatable bonds is 7. The van der Waals surface area contributed by atoms with Crippen LogP contribution < -0.4 is 10.0 Å². The van der Waals surface area contributed by atoms with Gasteiger partial charge in [0.1, 0.15) is 0 Å². The van der Waals surface area contributed by atoms with Crippen LogP contribution in [-0.2, 0) is 14.8 Å². The molecule has 0 bridgehead atoms. The third-order valence-electron chi connectivity index (χ3n) is 3.65. The van der Waals surface area contributed by atoms with Gasteiger partial charge >= 0.3 is 0 Å². The van der Waals surface area contributed by atoms with Gasteiger partial charge in [0.15, 0.2) is 0 Å². The van der Waals surface area contributed by atoms with Crippen LogP contribution in [0.25, 0.3) is 0 Å². The second-order valence-corrected chi connectivity index (χ2v) is 7.31. The van der Waals surface area contributed by atoms with Crippen molar-refractivity contribution in [3.8, 4) is 12.3 Å². The molecule has 2 N–H and O–H groups in total. The van der Waals surface area contributed by atoms with Crippen LogP contribution in [0.4, 0.5) is 5.69 Å². The molecule has 1 amide bonds. The van der Waals surface area contributed by atoms with E-state index in [2.05, 4.69) is 16.0 Å². The minimum atomic E-state index is -3.73. The molecule has 0 aliphatic carbocycles. The average molecular weight is 372 g/mol. The Balaban J connectivity index is 2.26. The van der Waals surface area contributed by atoms with Gasteiger partial charge in [-0.05, 0) is 42.8 Å². The fourth-order valence-corrected chi connectivity index (χ4v) is 3.30. The maximum Gasteiger partial charge on any atom is 0.255 e. The Hall–Kier alpha value is -2.66. The molecule has 0 saturated heterocycles. The second-order valence-electron chi connectivity index (χ2n) is 5.55. The predicted molar refractivity (Wildman–Crippen MR) is 101 cm³/mol. The molecule has 0 heterocycles. The van der Waals surface area contributed by atoms with Gasteiger partial charge in [-0.1, -0.05) is 18.1 Å². The molecule has 2 aromatic rings. The number of benzene rings is 2. The third-order valence-corrected chi connectivity index (χ3v) is 5.11. The SMILES string of the molecule is C#Cc1cccc(NC(=O)c2cc(S(=O)(=O)NCCOC)ccc2C)c1. The Kier molecular flexibility index (Phi) is 6.52. The Morgan fingerprint density at radius 2 is 2.00 bits per heavy atom. The summed E-state index contributed by atoms with van der Waals surface area (Å²) in [6.07, 6.45) is 5.36. The summed E-state index contributed by atoms with van der Waals surface area (Å²) >= 11 is 0. The number of carbonyl (C=O) groups is 1. The summed E-state index contributed by atoms with van der Waals surface area (Å²) in [5.74, 6) is 2.08. The Labute approximate surface area is 153 Å². The Morgan fingerprint density at radius 1 is 1.23 bits per heavy atom. The number of hydrogen-bond donors (Lipinski definition) is 2. The maximum atomic E-state index is 12.6. The van der Waals surface area contributed by atoms with E-state index in [0.717, 1.165) is 0 Å². The Bertz CT molecular complexity index is 946. The van der Waals surface area contributed by atoms with Crippen LogP contribution in [0.5, 0.6) is 0 Å². The molecule has 0 spiro atoms. The molecule has 2 aromatic carbocycles. The maximum absolute atomic E-state index is 12.6. The van der Waals surface area contributed by atoms with Crippen molar-refractivity contribution in [1.82, 2.24) is 4.72 Å². The van der Waals surface area contributed by atoms with E-state index in [0.29, 0.717) is 16.8 Å². The second kappa shape index (κ2) is 8.63. The van der Waals surface area contributed by atoms with Crippen LogP contribution in [0.1, 0.15) is 21.5 Å². The molecule has 0 aliphatic rings. The lowest BCUT2D eigenvalue weighted by Crippen LogP contribution is -2.27. The molecule has 0 unspecified atom stereocenters. The molecule has 0 radical (unpaired) electrons. The summed E-state index contributed by atoms with van der Waals surface area (Å²) in [5, 5.41) is 2.74. The van der Waals surface area contributed by atoms with Crippen molar-refractivity contribution in [3.63, 3.8) is 0 Å². The first-order valence-corrected chi connectivity index (χ1v) is 9.33. The fraction of sp³-hybridized carbons (Fsp3) is 0.211. The number of sulfonamides is 1. The lowest BCUT2D eigenvalue weighted by molar-refractivity contribution is 0.102. The van der Waals surface area contributed by atoms with E-state index in [1.165, 1.54) is 19.2 Å². The highest BCUT2D eigenvalue weighted by atomic mass is 32.2. The fourth-order valence-electron chi connectivity index (χ4n) is 2.26. The van der Waals surface area contributed by atoms with Crippen molar-refractivity contribution >= 4 is 21.6 Å². The van der Waals surface area contributed by atoms with E-state index >= 15 is 0 Å². The standard InChI is InChI=1S/C19H20N2O4S/c1-4-15-6-5-7-16(12-15)21-19(22)18-13-17(9-8-14(18)2)26(23,24)20-10-11-25-3/h1,5-9,12-13,20H,10-11H2,2-3H3,(H,21,22). The van der Waals surface area contributed by atoms with E-state index < -0.39 is 15.9 Å². The van der Waals surface area contributed by atoms with Crippen LogP contribution in [0.2, 0.25) is 0 Å². The number of aryl methyl sites for hydroxylation is 1. The van der Waals surface area contributed by atoms with Crippen molar-refractivity contribution in [1.29, 1.82) is 0 Å². The van der Waals surface area contributed by atoms with Gasteiger partial charge in [-0.15, -0.1) is 6.42 Å². The molecule has 0 saturated carbocycles. The average Bonchev–Trinajstić information content (AvgIpc) is 2.62. The largest absolute Gasteiger partial charge is 0.383 e. The number of methoxy groups -OCH3 is 1. The first-order chi connectivity index (χ1) is 12.4. The highest BCUT2D eigenvalue weighted by Crippen LogP contribution is 2.18. The number of carbonyl (C=O) groups excluding carboxylic acids is 1. The normalized spacial score (nSPS) is 11.0. The molecule has 0 atom stereocenters. The minimum absolute atomic E-state index is 0.0155. The number of ether oxygens (including phenoxy) is 1. The molecule has 6 nitrogen and oxygen atoms in total. The molecule has 136 valence electrons. The molecule has 26 heavy (non-hydrogen) atoms. The van der Waals surface area contributed by atoms with Gasteiger partial charge in [0, 0.05) is 30.5 Å². The van der Waals surface area contributed by atoms with Crippen LogP contribution in [0, 0.1) is 19.3 Å². The molecular formula is C19H20N2O4S. The van der Waals surface area contributed by atoms with Crippen molar-refractivity contribution < 1.29 is 17.9 Å². The Morgan fingerprint density at radius 3 is 2.69 bits per heavy atom.